The molecule has 0 atom stereocenters. The highest BCUT2D eigenvalue weighted by Gasteiger charge is 2.45. The van der Waals surface area contributed by atoms with Crippen LogP contribution in [0.1, 0.15) is 18.4 Å². The first kappa shape index (κ1) is 12.4. The van der Waals surface area contributed by atoms with Crippen molar-refractivity contribution in [2.45, 2.75) is 18.4 Å². The molecule has 0 N–H and O–H groups in total. The number of rotatable bonds is 1. The molecule has 1 aromatic carbocycles. The standard InChI is InChI=1S/C15H16FNO2/c1-17-8-6-15(7-9-17)13(10-14(18)19-15)11-2-4-12(16)5-3-11/h2-5,10H,6-9H2,1H3. The molecular weight excluding hydrogens is 245 g/mol. The van der Waals surface area contributed by atoms with Crippen LogP contribution in [0.3, 0.4) is 0 Å². The zero-order valence-corrected chi connectivity index (χ0v) is 10.9. The van der Waals surface area contributed by atoms with Gasteiger partial charge in [0.25, 0.3) is 0 Å². The second-order valence-electron chi connectivity index (χ2n) is 5.28. The van der Waals surface area contributed by atoms with Crippen LogP contribution in [0, 0.1) is 5.82 Å². The number of hydrogen-bond donors (Lipinski definition) is 0. The summed E-state index contributed by atoms with van der Waals surface area (Å²) in [5, 5.41) is 0. The SMILES string of the molecule is CN1CCC2(CC1)OC(=O)C=C2c1ccc(F)cc1. The molecule has 3 nitrogen and oxygen atoms in total. The van der Waals surface area contributed by atoms with Crippen LogP contribution in [-0.4, -0.2) is 36.6 Å². The molecule has 2 aliphatic rings. The lowest BCUT2D eigenvalue weighted by atomic mass is 9.81. The first-order valence-electron chi connectivity index (χ1n) is 6.49. The van der Waals surface area contributed by atoms with Crippen LogP contribution in [0.25, 0.3) is 5.57 Å². The first-order chi connectivity index (χ1) is 9.09. The van der Waals surface area contributed by atoms with Crippen molar-refractivity contribution in [2.75, 3.05) is 20.1 Å². The Bertz CT molecular complexity index is 528. The number of ether oxygens (including phenoxy) is 1. The van der Waals surface area contributed by atoms with E-state index in [9.17, 15) is 9.18 Å². The number of piperidine rings is 1. The zero-order valence-electron chi connectivity index (χ0n) is 10.9. The molecule has 100 valence electrons. The summed E-state index contributed by atoms with van der Waals surface area (Å²) in [6.45, 7) is 1.79. The lowest BCUT2D eigenvalue weighted by Gasteiger charge is -2.38. The summed E-state index contributed by atoms with van der Waals surface area (Å²) >= 11 is 0. The van der Waals surface area contributed by atoms with Crippen LogP contribution in [0.5, 0.6) is 0 Å². The number of likely N-dealkylation sites (tertiary alicyclic amines) is 1. The average Bonchev–Trinajstić information content (AvgIpc) is 2.71. The maximum absolute atomic E-state index is 13.0. The average molecular weight is 261 g/mol. The van der Waals surface area contributed by atoms with Crippen LogP contribution in [0.4, 0.5) is 4.39 Å². The van der Waals surface area contributed by atoms with Crippen molar-refractivity contribution in [3.63, 3.8) is 0 Å². The minimum atomic E-state index is -0.512. The van der Waals surface area contributed by atoms with E-state index < -0.39 is 5.60 Å². The number of hydrogen-bond acceptors (Lipinski definition) is 3. The molecule has 1 saturated heterocycles. The van der Waals surface area contributed by atoms with E-state index >= 15 is 0 Å². The van der Waals surface area contributed by atoms with Gasteiger partial charge in [-0.15, -0.1) is 0 Å². The van der Waals surface area contributed by atoms with Crippen molar-refractivity contribution in [3.05, 3.63) is 41.7 Å². The third-order valence-corrected chi connectivity index (χ3v) is 4.00. The van der Waals surface area contributed by atoms with Crippen LogP contribution < -0.4 is 0 Å². The zero-order chi connectivity index (χ0) is 13.5. The largest absolute Gasteiger partial charge is 0.451 e. The van der Waals surface area contributed by atoms with Gasteiger partial charge < -0.3 is 9.64 Å². The molecule has 1 aromatic rings. The summed E-state index contributed by atoms with van der Waals surface area (Å²) in [6.07, 6.45) is 3.13. The fraction of sp³-hybridized carbons (Fsp3) is 0.400. The van der Waals surface area contributed by atoms with Crippen molar-refractivity contribution in [2.24, 2.45) is 0 Å². The van der Waals surface area contributed by atoms with E-state index in [1.807, 2.05) is 0 Å². The highest BCUT2D eigenvalue weighted by Crippen LogP contribution is 2.42. The predicted molar refractivity (Wildman–Crippen MR) is 69.9 cm³/mol. The molecular formula is C15H16FNO2. The van der Waals surface area contributed by atoms with E-state index in [0.717, 1.165) is 37.1 Å². The molecule has 19 heavy (non-hydrogen) atoms. The molecule has 0 unspecified atom stereocenters. The van der Waals surface area contributed by atoms with Gasteiger partial charge in [-0.2, -0.15) is 0 Å². The van der Waals surface area contributed by atoms with Crippen molar-refractivity contribution < 1.29 is 13.9 Å². The number of nitrogens with zero attached hydrogens (tertiary/aromatic N) is 1. The molecule has 0 aromatic heterocycles. The molecule has 1 fully saturated rings. The topological polar surface area (TPSA) is 29.5 Å². The number of halogens is 1. The Kier molecular flexibility index (Phi) is 2.90. The Morgan fingerprint density at radius 3 is 2.47 bits per heavy atom. The van der Waals surface area contributed by atoms with Gasteiger partial charge in [-0.3, -0.25) is 0 Å². The van der Waals surface area contributed by atoms with Crippen molar-refractivity contribution in [1.29, 1.82) is 0 Å². The van der Waals surface area contributed by atoms with E-state index in [-0.39, 0.29) is 11.8 Å². The highest BCUT2D eigenvalue weighted by atomic mass is 19.1. The van der Waals surface area contributed by atoms with Gasteiger partial charge in [0.15, 0.2) is 0 Å². The summed E-state index contributed by atoms with van der Waals surface area (Å²) in [6, 6.07) is 6.26. The summed E-state index contributed by atoms with van der Waals surface area (Å²) in [5.74, 6) is -0.559. The maximum atomic E-state index is 13.0. The Hall–Kier alpha value is -1.68. The molecule has 0 bridgehead atoms. The molecule has 3 rings (SSSR count). The van der Waals surface area contributed by atoms with Gasteiger partial charge in [0.05, 0.1) is 0 Å². The number of benzene rings is 1. The van der Waals surface area contributed by atoms with Gasteiger partial charge in [0, 0.05) is 37.6 Å². The molecule has 1 spiro atoms. The van der Waals surface area contributed by atoms with Gasteiger partial charge in [-0.25, -0.2) is 9.18 Å². The van der Waals surface area contributed by atoms with Gasteiger partial charge in [0.2, 0.25) is 0 Å². The van der Waals surface area contributed by atoms with E-state index in [1.165, 1.54) is 12.1 Å². The maximum Gasteiger partial charge on any atom is 0.332 e. The third kappa shape index (κ3) is 2.16. The number of carbonyl (C=O) groups excluding carboxylic acids is 1. The van der Waals surface area contributed by atoms with Gasteiger partial charge >= 0.3 is 5.97 Å². The molecule has 0 aliphatic carbocycles. The molecule has 2 aliphatic heterocycles. The van der Waals surface area contributed by atoms with Gasteiger partial charge in [0.1, 0.15) is 11.4 Å². The van der Waals surface area contributed by atoms with Crippen LogP contribution in [0.15, 0.2) is 30.3 Å². The van der Waals surface area contributed by atoms with Crippen LogP contribution in [-0.2, 0) is 9.53 Å². The monoisotopic (exact) mass is 261 g/mol. The van der Waals surface area contributed by atoms with E-state index in [2.05, 4.69) is 11.9 Å². The van der Waals surface area contributed by atoms with Crippen LogP contribution >= 0.6 is 0 Å². The fourth-order valence-electron chi connectivity index (χ4n) is 2.85. The smallest absolute Gasteiger partial charge is 0.332 e. The lowest BCUT2D eigenvalue weighted by molar-refractivity contribution is -0.147. The molecule has 0 saturated carbocycles. The molecule has 0 radical (unpaired) electrons. The second-order valence-corrected chi connectivity index (χ2v) is 5.28. The Balaban J connectivity index is 1.95. The quantitative estimate of drug-likeness (QED) is 0.726. The summed E-state index contributed by atoms with van der Waals surface area (Å²) in [5.41, 5.74) is 1.25. The summed E-state index contributed by atoms with van der Waals surface area (Å²) in [4.78, 5) is 13.9. The normalized spacial score (nSPS) is 22.4. The highest BCUT2D eigenvalue weighted by molar-refractivity contribution is 5.98. The molecule has 0 amide bonds. The Morgan fingerprint density at radius 1 is 1.21 bits per heavy atom. The number of carbonyl (C=O) groups is 1. The molecule has 4 heteroatoms. The van der Waals surface area contributed by atoms with Crippen molar-refractivity contribution >= 4 is 11.5 Å². The predicted octanol–water partition coefficient (Wildman–Crippen LogP) is 2.23. The second kappa shape index (κ2) is 4.46. The minimum Gasteiger partial charge on any atom is -0.451 e. The van der Waals surface area contributed by atoms with Crippen LogP contribution in [0.2, 0.25) is 0 Å². The lowest BCUT2D eigenvalue weighted by Crippen LogP contribution is -2.44. The van der Waals surface area contributed by atoms with Crippen molar-refractivity contribution in [1.82, 2.24) is 4.90 Å². The minimum absolute atomic E-state index is 0.271. The number of esters is 1. The van der Waals surface area contributed by atoms with E-state index in [4.69, 9.17) is 4.74 Å². The first-order valence-corrected chi connectivity index (χ1v) is 6.49. The third-order valence-electron chi connectivity index (χ3n) is 4.00. The Morgan fingerprint density at radius 2 is 1.84 bits per heavy atom. The van der Waals surface area contributed by atoms with Gasteiger partial charge in [-0.05, 0) is 24.7 Å². The summed E-state index contributed by atoms with van der Waals surface area (Å²) < 4.78 is 18.6. The Labute approximate surface area is 111 Å². The van der Waals surface area contributed by atoms with Crippen molar-refractivity contribution in [3.8, 4) is 0 Å². The molecule has 2 heterocycles. The fourth-order valence-corrected chi connectivity index (χ4v) is 2.85. The van der Waals surface area contributed by atoms with Gasteiger partial charge in [-0.1, -0.05) is 12.1 Å². The summed E-state index contributed by atoms with van der Waals surface area (Å²) in [7, 11) is 2.06. The van der Waals surface area contributed by atoms with E-state index in [0.29, 0.717) is 0 Å². The van der Waals surface area contributed by atoms with E-state index in [1.54, 1.807) is 18.2 Å².